The van der Waals surface area contributed by atoms with E-state index in [4.69, 9.17) is 5.73 Å². The highest BCUT2D eigenvalue weighted by Gasteiger charge is 2.13. The van der Waals surface area contributed by atoms with Gasteiger partial charge in [-0.15, -0.1) is 0 Å². The van der Waals surface area contributed by atoms with Gasteiger partial charge >= 0.3 is 0 Å². The van der Waals surface area contributed by atoms with Crippen molar-refractivity contribution >= 4 is 5.91 Å². The number of imidazole rings is 1. The lowest BCUT2D eigenvalue weighted by Crippen LogP contribution is -2.24. The molecule has 116 valence electrons. The fourth-order valence-electron chi connectivity index (χ4n) is 2.34. The van der Waals surface area contributed by atoms with Gasteiger partial charge in [0.25, 0.3) is 5.91 Å². The van der Waals surface area contributed by atoms with E-state index in [0.29, 0.717) is 17.9 Å². The lowest BCUT2D eigenvalue weighted by Gasteiger charge is -2.07. The topological polar surface area (TPSA) is 96.7 Å². The molecule has 1 aromatic carbocycles. The summed E-state index contributed by atoms with van der Waals surface area (Å²) in [4.78, 5) is 23.0. The molecule has 0 atom stereocenters. The second-order valence-electron chi connectivity index (χ2n) is 5.05. The average molecular weight is 307 g/mol. The van der Waals surface area contributed by atoms with E-state index in [1.807, 2.05) is 36.4 Å². The molecule has 23 heavy (non-hydrogen) atoms. The van der Waals surface area contributed by atoms with Gasteiger partial charge in [-0.05, 0) is 34.9 Å². The standard InChI is InChI=1S/C17H17N5O/c18-9-15-16(22-11-21-15)17(23)20-10-12-2-1-3-14(8-12)13-4-6-19-7-5-13/h1-8,11H,9-10,18H2,(H,20,23)(H,21,22). The molecular formula is C17H17N5O. The van der Waals surface area contributed by atoms with Crippen molar-refractivity contribution in [3.8, 4) is 11.1 Å². The Bertz CT molecular complexity index is 798. The molecule has 1 amide bonds. The Morgan fingerprint density at radius 3 is 2.78 bits per heavy atom. The number of carbonyl (C=O) groups excluding carboxylic acids is 1. The van der Waals surface area contributed by atoms with Crippen molar-refractivity contribution in [2.75, 3.05) is 0 Å². The molecule has 0 aliphatic carbocycles. The number of amides is 1. The zero-order valence-corrected chi connectivity index (χ0v) is 12.5. The SMILES string of the molecule is NCc1[nH]cnc1C(=O)NCc1cccc(-c2ccncc2)c1. The first-order valence-corrected chi connectivity index (χ1v) is 7.28. The van der Waals surface area contributed by atoms with Crippen LogP contribution in [0.1, 0.15) is 21.7 Å². The monoisotopic (exact) mass is 307 g/mol. The normalized spacial score (nSPS) is 10.5. The molecule has 2 aromatic heterocycles. The Labute approximate surface area is 133 Å². The van der Waals surface area contributed by atoms with Crippen LogP contribution >= 0.6 is 0 Å². The molecule has 0 saturated heterocycles. The molecule has 3 aromatic rings. The van der Waals surface area contributed by atoms with Crippen LogP contribution in [0.3, 0.4) is 0 Å². The largest absolute Gasteiger partial charge is 0.347 e. The van der Waals surface area contributed by atoms with Crippen molar-refractivity contribution in [2.24, 2.45) is 5.73 Å². The van der Waals surface area contributed by atoms with Gasteiger partial charge in [0.15, 0.2) is 0 Å². The van der Waals surface area contributed by atoms with Gasteiger partial charge in [-0.1, -0.05) is 18.2 Å². The smallest absolute Gasteiger partial charge is 0.272 e. The number of nitrogens with one attached hydrogen (secondary N) is 2. The number of aromatic nitrogens is 3. The number of aromatic amines is 1. The minimum Gasteiger partial charge on any atom is -0.347 e. The van der Waals surface area contributed by atoms with Crippen LogP contribution in [-0.2, 0) is 13.1 Å². The zero-order valence-electron chi connectivity index (χ0n) is 12.5. The van der Waals surface area contributed by atoms with Crippen LogP contribution in [0.2, 0.25) is 0 Å². The van der Waals surface area contributed by atoms with E-state index >= 15 is 0 Å². The van der Waals surface area contributed by atoms with Crippen molar-refractivity contribution in [2.45, 2.75) is 13.1 Å². The van der Waals surface area contributed by atoms with E-state index in [0.717, 1.165) is 16.7 Å². The van der Waals surface area contributed by atoms with Crippen LogP contribution in [0.15, 0.2) is 55.1 Å². The minimum atomic E-state index is -0.235. The van der Waals surface area contributed by atoms with Crippen LogP contribution in [0.4, 0.5) is 0 Å². The number of carbonyl (C=O) groups is 1. The van der Waals surface area contributed by atoms with Crippen LogP contribution < -0.4 is 11.1 Å². The molecule has 6 nitrogen and oxygen atoms in total. The molecule has 0 bridgehead atoms. The Balaban J connectivity index is 1.70. The number of benzene rings is 1. The zero-order chi connectivity index (χ0) is 16.1. The highest BCUT2D eigenvalue weighted by atomic mass is 16.1. The van der Waals surface area contributed by atoms with Gasteiger partial charge in [0.1, 0.15) is 5.69 Å². The van der Waals surface area contributed by atoms with Gasteiger partial charge in [-0.3, -0.25) is 9.78 Å². The van der Waals surface area contributed by atoms with E-state index in [1.54, 1.807) is 12.4 Å². The summed E-state index contributed by atoms with van der Waals surface area (Å²) in [6.45, 7) is 0.676. The molecule has 0 saturated carbocycles. The van der Waals surface area contributed by atoms with E-state index in [-0.39, 0.29) is 12.5 Å². The fraction of sp³-hybridized carbons (Fsp3) is 0.118. The maximum atomic E-state index is 12.2. The number of nitrogens with two attached hydrogens (primary N) is 1. The molecule has 0 fully saturated rings. The summed E-state index contributed by atoms with van der Waals surface area (Å²) < 4.78 is 0. The molecule has 2 heterocycles. The number of hydrogen-bond acceptors (Lipinski definition) is 4. The summed E-state index contributed by atoms with van der Waals surface area (Å²) in [7, 11) is 0. The number of hydrogen-bond donors (Lipinski definition) is 3. The highest BCUT2D eigenvalue weighted by molar-refractivity contribution is 5.93. The molecule has 0 spiro atoms. The molecular weight excluding hydrogens is 290 g/mol. The predicted octanol–water partition coefficient (Wildman–Crippen LogP) is 1.86. The summed E-state index contributed by atoms with van der Waals surface area (Å²) in [6, 6.07) is 11.9. The third-order valence-electron chi connectivity index (χ3n) is 3.53. The molecule has 0 aliphatic rings. The van der Waals surface area contributed by atoms with Gasteiger partial charge in [-0.2, -0.15) is 0 Å². The Morgan fingerprint density at radius 2 is 2.00 bits per heavy atom. The van der Waals surface area contributed by atoms with E-state index in [2.05, 4.69) is 20.3 Å². The van der Waals surface area contributed by atoms with Crippen molar-refractivity contribution in [1.29, 1.82) is 0 Å². The Morgan fingerprint density at radius 1 is 1.17 bits per heavy atom. The fourth-order valence-corrected chi connectivity index (χ4v) is 2.34. The van der Waals surface area contributed by atoms with E-state index < -0.39 is 0 Å². The summed E-state index contributed by atoms with van der Waals surface area (Å²) in [5, 5.41) is 2.87. The molecule has 3 rings (SSSR count). The highest BCUT2D eigenvalue weighted by Crippen LogP contribution is 2.19. The van der Waals surface area contributed by atoms with Crippen LogP contribution in [0, 0.1) is 0 Å². The number of nitrogens with zero attached hydrogens (tertiary/aromatic N) is 2. The predicted molar refractivity (Wildman–Crippen MR) is 87.3 cm³/mol. The van der Waals surface area contributed by atoms with Crippen LogP contribution in [-0.4, -0.2) is 20.9 Å². The third kappa shape index (κ3) is 3.44. The molecule has 6 heteroatoms. The molecule has 4 N–H and O–H groups in total. The van der Waals surface area contributed by atoms with Gasteiger partial charge in [-0.25, -0.2) is 4.98 Å². The van der Waals surface area contributed by atoms with Crippen molar-refractivity contribution in [3.05, 3.63) is 72.1 Å². The summed E-state index contributed by atoms with van der Waals surface area (Å²) in [6.07, 6.45) is 4.99. The Kier molecular flexibility index (Phi) is 4.44. The van der Waals surface area contributed by atoms with E-state index in [9.17, 15) is 4.79 Å². The first kappa shape index (κ1) is 14.9. The van der Waals surface area contributed by atoms with Gasteiger partial charge in [0.05, 0.1) is 12.0 Å². The van der Waals surface area contributed by atoms with Gasteiger partial charge in [0.2, 0.25) is 0 Å². The third-order valence-corrected chi connectivity index (χ3v) is 3.53. The quantitative estimate of drug-likeness (QED) is 0.670. The second-order valence-corrected chi connectivity index (χ2v) is 5.05. The minimum absolute atomic E-state index is 0.235. The van der Waals surface area contributed by atoms with Gasteiger partial charge in [0, 0.05) is 25.5 Å². The second kappa shape index (κ2) is 6.85. The number of pyridine rings is 1. The van der Waals surface area contributed by atoms with Gasteiger partial charge < -0.3 is 16.0 Å². The summed E-state index contributed by atoms with van der Waals surface area (Å²) in [5.74, 6) is -0.235. The van der Waals surface area contributed by atoms with Crippen molar-refractivity contribution in [1.82, 2.24) is 20.3 Å². The van der Waals surface area contributed by atoms with Crippen molar-refractivity contribution in [3.63, 3.8) is 0 Å². The van der Waals surface area contributed by atoms with Crippen molar-refractivity contribution < 1.29 is 4.79 Å². The number of rotatable bonds is 5. The molecule has 0 unspecified atom stereocenters. The lowest BCUT2D eigenvalue weighted by atomic mass is 10.0. The lowest BCUT2D eigenvalue weighted by molar-refractivity contribution is 0.0945. The Hall–Kier alpha value is -2.99. The average Bonchev–Trinajstić information content (AvgIpc) is 3.09. The molecule has 0 radical (unpaired) electrons. The summed E-state index contributed by atoms with van der Waals surface area (Å²) in [5.41, 5.74) is 9.73. The molecule has 0 aliphatic heterocycles. The first-order valence-electron chi connectivity index (χ1n) is 7.28. The number of H-pyrrole nitrogens is 1. The van der Waals surface area contributed by atoms with E-state index in [1.165, 1.54) is 6.33 Å². The van der Waals surface area contributed by atoms with Crippen LogP contribution in [0.25, 0.3) is 11.1 Å². The van der Waals surface area contributed by atoms with Crippen LogP contribution in [0.5, 0.6) is 0 Å². The maximum absolute atomic E-state index is 12.2. The summed E-state index contributed by atoms with van der Waals surface area (Å²) >= 11 is 0. The maximum Gasteiger partial charge on any atom is 0.272 e. The first-order chi connectivity index (χ1) is 11.3.